The zero-order chi connectivity index (χ0) is 13.8. The molecule has 1 saturated carbocycles. The van der Waals surface area contributed by atoms with Gasteiger partial charge < -0.3 is 0 Å². The number of fused-ring (bicyclic) bond motifs is 5. The fraction of sp³-hybridized carbons (Fsp3) is 0.368. The van der Waals surface area contributed by atoms with E-state index in [1.807, 2.05) is 0 Å². The molecule has 4 atom stereocenters. The van der Waals surface area contributed by atoms with Crippen LogP contribution in [0.1, 0.15) is 17.5 Å². The van der Waals surface area contributed by atoms with Crippen molar-refractivity contribution >= 4 is 23.5 Å². The Balaban J connectivity index is 1.49. The van der Waals surface area contributed by atoms with Gasteiger partial charge in [0.1, 0.15) is 0 Å². The lowest BCUT2D eigenvalue weighted by atomic mass is 9.92. The van der Waals surface area contributed by atoms with Crippen LogP contribution in [0.4, 0.5) is 0 Å². The van der Waals surface area contributed by atoms with Gasteiger partial charge in [-0.1, -0.05) is 36.4 Å². The summed E-state index contributed by atoms with van der Waals surface area (Å²) < 4.78 is 0. The maximum atomic E-state index is 2.34. The number of rotatable bonds is 0. The molecule has 2 aliphatic heterocycles. The molecule has 0 spiro atoms. The van der Waals surface area contributed by atoms with Crippen LogP contribution in [0.3, 0.4) is 0 Å². The molecule has 0 amide bonds. The minimum Gasteiger partial charge on any atom is -0.122 e. The highest BCUT2D eigenvalue weighted by atomic mass is 32.2. The van der Waals surface area contributed by atoms with Gasteiger partial charge in [0.05, 0.1) is 0 Å². The zero-order valence-corrected chi connectivity index (χ0v) is 13.5. The normalized spacial score (nSPS) is 32.8. The Morgan fingerprint density at radius 3 is 2.24 bits per heavy atom. The standard InChI is InChI=1S/C19H18S2/c1-4-8-17-12(5-1)9-14-11-18-15(19(14)21-17)10-13-6-2-3-7-16(13)20-18/h1-8,14-15,18-19H,9-11H2. The van der Waals surface area contributed by atoms with Crippen LogP contribution >= 0.6 is 23.5 Å². The van der Waals surface area contributed by atoms with Crippen molar-refractivity contribution in [3.05, 3.63) is 59.7 Å². The summed E-state index contributed by atoms with van der Waals surface area (Å²) in [6.07, 6.45) is 4.01. The van der Waals surface area contributed by atoms with E-state index in [0.717, 1.165) is 22.3 Å². The van der Waals surface area contributed by atoms with Crippen molar-refractivity contribution < 1.29 is 0 Å². The second-order valence-electron chi connectivity index (χ2n) is 6.52. The minimum absolute atomic E-state index is 0.839. The molecule has 2 heterocycles. The fourth-order valence-corrected chi connectivity index (χ4v) is 7.64. The van der Waals surface area contributed by atoms with Gasteiger partial charge in [-0.2, -0.15) is 0 Å². The molecule has 2 aromatic rings. The largest absolute Gasteiger partial charge is 0.122 e. The van der Waals surface area contributed by atoms with Gasteiger partial charge in [0, 0.05) is 20.3 Å². The molecular weight excluding hydrogens is 292 g/mol. The molecule has 3 aliphatic rings. The highest BCUT2D eigenvalue weighted by Gasteiger charge is 2.47. The van der Waals surface area contributed by atoms with Gasteiger partial charge >= 0.3 is 0 Å². The quantitative estimate of drug-likeness (QED) is 0.667. The number of benzene rings is 2. The Morgan fingerprint density at radius 2 is 1.43 bits per heavy atom. The van der Waals surface area contributed by atoms with E-state index >= 15 is 0 Å². The first-order valence-corrected chi connectivity index (χ1v) is 9.63. The summed E-state index contributed by atoms with van der Waals surface area (Å²) in [5.74, 6) is 1.76. The number of hydrogen-bond donors (Lipinski definition) is 0. The monoisotopic (exact) mass is 310 g/mol. The Kier molecular flexibility index (Phi) is 2.91. The van der Waals surface area contributed by atoms with E-state index in [-0.39, 0.29) is 0 Å². The van der Waals surface area contributed by atoms with Crippen LogP contribution < -0.4 is 0 Å². The molecule has 0 N–H and O–H groups in total. The Labute approximate surface area is 134 Å². The van der Waals surface area contributed by atoms with E-state index in [9.17, 15) is 0 Å². The van der Waals surface area contributed by atoms with Gasteiger partial charge in [-0.15, -0.1) is 23.5 Å². The molecular formula is C19H18S2. The summed E-state index contributed by atoms with van der Waals surface area (Å²) in [6, 6.07) is 18.1. The van der Waals surface area contributed by atoms with Crippen LogP contribution in [0, 0.1) is 11.8 Å². The average Bonchev–Trinajstić information content (AvgIpc) is 2.87. The van der Waals surface area contributed by atoms with Crippen LogP contribution in [0.5, 0.6) is 0 Å². The third-order valence-corrected chi connectivity index (χ3v) is 8.48. The SMILES string of the molecule is c1ccc2c(c1)CC1C(CC3Cc4ccccc4SC31)S2. The van der Waals surface area contributed by atoms with Crippen molar-refractivity contribution in [2.24, 2.45) is 11.8 Å². The Morgan fingerprint density at radius 1 is 0.762 bits per heavy atom. The molecule has 0 bridgehead atoms. The van der Waals surface area contributed by atoms with Gasteiger partial charge in [0.15, 0.2) is 0 Å². The van der Waals surface area contributed by atoms with Crippen LogP contribution in [0.15, 0.2) is 58.3 Å². The average molecular weight is 310 g/mol. The van der Waals surface area contributed by atoms with Gasteiger partial charge in [0.2, 0.25) is 0 Å². The van der Waals surface area contributed by atoms with Crippen LogP contribution in [-0.4, -0.2) is 10.5 Å². The van der Waals surface area contributed by atoms with Gasteiger partial charge in [-0.25, -0.2) is 0 Å². The van der Waals surface area contributed by atoms with E-state index in [0.29, 0.717) is 0 Å². The van der Waals surface area contributed by atoms with Crippen molar-refractivity contribution in [1.29, 1.82) is 0 Å². The molecule has 2 heteroatoms. The minimum atomic E-state index is 0.839. The third kappa shape index (κ3) is 1.99. The molecule has 0 radical (unpaired) electrons. The van der Waals surface area contributed by atoms with E-state index in [1.165, 1.54) is 19.3 Å². The highest BCUT2D eigenvalue weighted by molar-refractivity contribution is 8.01. The third-order valence-electron chi connectivity index (χ3n) is 5.32. The highest BCUT2D eigenvalue weighted by Crippen LogP contribution is 2.56. The number of thioether (sulfide) groups is 2. The molecule has 5 rings (SSSR count). The first-order chi connectivity index (χ1) is 10.4. The Hall–Kier alpha value is -0.860. The van der Waals surface area contributed by atoms with E-state index in [1.54, 1.807) is 20.9 Å². The maximum Gasteiger partial charge on any atom is 0.0168 e. The van der Waals surface area contributed by atoms with Crippen molar-refractivity contribution in [2.45, 2.75) is 39.6 Å². The molecule has 106 valence electrons. The topological polar surface area (TPSA) is 0 Å². The predicted octanol–water partition coefficient (Wildman–Crippen LogP) is 5.06. The van der Waals surface area contributed by atoms with Crippen molar-refractivity contribution in [1.82, 2.24) is 0 Å². The first kappa shape index (κ1) is 12.7. The van der Waals surface area contributed by atoms with Gasteiger partial charge in [-0.05, 0) is 54.4 Å². The lowest BCUT2D eigenvalue weighted by Gasteiger charge is -2.33. The first-order valence-electron chi connectivity index (χ1n) is 7.87. The smallest absolute Gasteiger partial charge is 0.0168 e. The summed E-state index contributed by atoms with van der Waals surface area (Å²) in [5.41, 5.74) is 3.17. The summed E-state index contributed by atoms with van der Waals surface area (Å²) >= 11 is 4.33. The lowest BCUT2D eigenvalue weighted by molar-refractivity contribution is 0.491. The van der Waals surface area contributed by atoms with Crippen LogP contribution in [0.25, 0.3) is 0 Å². The summed E-state index contributed by atoms with van der Waals surface area (Å²) in [4.78, 5) is 3.09. The van der Waals surface area contributed by atoms with Crippen molar-refractivity contribution in [3.63, 3.8) is 0 Å². The second-order valence-corrected chi connectivity index (χ2v) is 9.02. The number of hydrogen-bond acceptors (Lipinski definition) is 2. The van der Waals surface area contributed by atoms with Gasteiger partial charge in [-0.3, -0.25) is 0 Å². The summed E-state index contributed by atoms with van der Waals surface area (Å²) in [7, 11) is 0. The van der Waals surface area contributed by atoms with E-state index < -0.39 is 0 Å². The predicted molar refractivity (Wildman–Crippen MR) is 91.2 cm³/mol. The van der Waals surface area contributed by atoms with Crippen molar-refractivity contribution in [3.8, 4) is 0 Å². The van der Waals surface area contributed by atoms with Gasteiger partial charge in [0.25, 0.3) is 0 Å². The molecule has 1 aliphatic carbocycles. The lowest BCUT2D eigenvalue weighted by Crippen LogP contribution is -2.28. The van der Waals surface area contributed by atoms with Crippen LogP contribution in [0.2, 0.25) is 0 Å². The van der Waals surface area contributed by atoms with E-state index in [4.69, 9.17) is 0 Å². The molecule has 1 fully saturated rings. The molecule has 0 nitrogen and oxygen atoms in total. The fourth-order valence-electron chi connectivity index (χ4n) is 4.36. The van der Waals surface area contributed by atoms with Crippen LogP contribution in [-0.2, 0) is 12.8 Å². The molecule has 2 aromatic carbocycles. The maximum absolute atomic E-state index is 2.34. The molecule has 21 heavy (non-hydrogen) atoms. The zero-order valence-electron chi connectivity index (χ0n) is 11.9. The second kappa shape index (κ2) is 4.82. The summed E-state index contributed by atoms with van der Waals surface area (Å²) in [6.45, 7) is 0. The molecule has 0 aromatic heterocycles. The van der Waals surface area contributed by atoms with Crippen molar-refractivity contribution in [2.75, 3.05) is 0 Å². The Bertz CT molecular complexity index is 634. The molecule has 4 unspecified atom stereocenters. The molecule has 0 saturated heterocycles. The van der Waals surface area contributed by atoms with E-state index in [2.05, 4.69) is 72.1 Å². The summed E-state index contributed by atoms with van der Waals surface area (Å²) in [5, 5.41) is 1.68.